The molecule has 0 saturated heterocycles. The highest BCUT2D eigenvalue weighted by Crippen LogP contribution is 2.31. The van der Waals surface area contributed by atoms with Crippen molar-refractivity contribution >= 4 is 11.6 Å². The van der Waals surface area contributed by atoms with E-state index in [0.29, 0.717) is 12.1 Å². The van der Waals surface area contributed by atoms with E-state index in [2.05, 4.69) is 44.3 Å². The van der Waals surface area contributed by atoms with E-state index in [9.17, 15) is 0 Å². The van der Waals surface area contributed by atoms with E-state index in [-0.39, 0.29) is 0 Å². The van der Waals surface area contributed by atoms with Gasteiger partial charge in [0.05, 0.1) is 0 Å². The quantitative estimate of drug-likeness (QED) is 0.681. The Morgan fingerprint density at radius 2 is 2.10 bits per heavy atom. The largest absolute Gasteiger partial charge is 0.307 e. The van der Waals surface area contributed by atoms with Crippen molar-refractivity contribution in [3.8, 4) is 0 Å². The molecule has 3 atom stereocenters. The molecule has 1 N–H and O–H groups in total. The molecule has 118 valence electrons. The van der Waals surface area contributed by atoms with Crippen LogP contribution in [0.2, 0.25) is 5.02 Å². The maximum absolute atomic E-state index is 6.14. The van der Waals surface area contributed by atoms with Crippen molar-refractivity contribution in [1.29, 1.82) is 0 Å². The zero-order valence-corrected chi connectivity index (χ0v) is 14.5. The molecule has 1 aromatic rings. The average molecular weight is 308 g/mol. The van der Waals surface area contributed by atoms with Gasteiger partial charge < -0.3 is 5.32 Å². The lowest BCUT2D eigenvalue weighted by atomic mass is 9.80. The van der Waals surface area contributed by atoms with Crippen molar-refractivity contribution < 1.29 is 0 Å². The molecule has 0 amide bonds. The van der Waals surface area contributed by atoms with Crippen LogP contribution in [0.4, 0.5) is 0 Å². The molecule has 3 unspecified atom stereocenters. The Morgan fingerprint density at radius 3 is 2.76 bits per heavy atom. The van der Waals surface area contributed by atoms with Crippen molar-refractivity contribution in [3.05, 3.63) is 34.9 Å². The van der Waals surface area contributed by atoms with Crippen LogP contribution in [0.1, 0.15) is 70.9 Å². The van der Waals surface area contributed by atoms with Crippen molar-refractivity contribution in [2.24, 2.45) is 11.8 Å². The molecule has 21 heavy (non-hydrogen) atoms. The molecule has 0 aliphatic heterocycles. The number of halogens is 1. The van der Waals surface area contributed by atoms with Crippen molar-refractivity contribution in [2.75, 3.05) is 0 Å². The Hall–Kier alpha value is -0.530. The van der Waals surface area contributed by atoms with Crippen LogP contribution in [0, 0.1) is 11.8 Å². The fourth-order valence-corrected chi connectivity index (χ4v) is 3.98. The van der Waals surface area contributed by atoms with Crippen LogP contribution in [0.5, 0.6) is 0 Å². The zero-order valence-electron chi connectivity index (χ0n) is 13.7. The molecule has 1 aromatic carbocycles. The van der Waals surface area contributed by atoms with E-state index in [1.165, 1.54) is 37.7 Å². The molecule has 1 nitrogen and oxygen atoms in total. The van der Waals surface area contributed by atoms with Gasteiger partial charge in [0.25, 0.3) is 0 Å². The lowest BCUT2D eigenvalue weighted by Crippen LogP contribution is -2.37. The minimum atomic E-state index is 0.437. The Balaban J connectivity index is 1.95. The second-order valence-electron chi connectivity index (χ2n) is 7.04. The van der Waals surface area contributed by atoms with Crippen LogP contribution in [-0.4, -0.2) is 6.04 Å². The predicted octanol–water partition coefficient (Wildman–Crippen LogP) is 5.99. The van der Waals surface area contributed by atoms with E-state index < -0.39 is 0 Å². The average Bonchev–Trinajstić information content (AvgIpc) is 2.44. The fourth-order valence-electron chi connectivity index (χ4n) is 3.78. The van der Waals surface area contributed by atoms with Crippen LogP contribution in [-0.2, 0) is 0 Å². The van der Waals surface area contributed by atoms with Crippen LogP contribution in [0.15, 0.2) is 24.3 Å². The Labute approximate surface area is 135 Å². The number of benzene rings is 1. The molecule has 2 heteroatoms. The first-order chi connectivity index (χ1) is 10.1. The summed E-state index contributed by atoms with van der Waals surface area (Å²) in [7, 11) is 0. The Kier molecular flexibility index (Phi) is 6.57. The zero-order chi connectivity index (χ0) is 15.2. The summed E-state index contributed by atoms with van der Waals surface area (Å²) in [5.74, 6) is 1.73. The third-order valence-corrected chi connectivity index (χ3v) is 4.92. The minimum Gasteiger partial charge on any atom is -0.307 e. The molecule has 0 radical (unpaired) electrons. The smallest absolute Gasteiger partial charge is 0.0409 e. The van der Waals surface area contributed by atoms with Gasteiger partial charge in [-0.3, -0.25) is 0 Å². The van der Waals surface area contributed by atoms with Crippen LogP contribution in [0.3, 0.4) is 0 Å². The van der Waals surface area contributed by atoms with Gasteiger partial charge in [0, 0.05) is 17.1 Å². The monoisotopic (exact) mass is 307 g/mol. The highest BCUT2D eigenvalue weighted by Gasteiger charge is 2.24. The molecule has 1 saturated carbocycles. The van der Waals surface area contributed by atoms with Gasteiger partial charge >= 0.3 is 0 Å². The fraction of sp³-hybridized carbons (Fsp3) is 0.684. The van der Waals surface area contributed by atoms with Crippen LogP contribution in [0.25, 0.3) is 0 Å². The lowest BCUT2D eigenvalue weighted by Gasteiger charge is -2.33. The van der Waals surface area contributed by atoms with Gasteiger partial charge in [0.1, 0.15) is 0 Å². The normalized spacial score (nSPS) is 24.2. The van der Waals surface area contributed by atoms with Gasteiger partial charge in [-0.2, -0.15) is 0 Å². The Bertz CT molecular complexity index is 429. The lowest BCUT2D eigenvalue weighted by molar-refractivity contribution is 0.238. The molecule has 0 bridgehead atoms. The SMILES string of the molecule is CCC(NC1CCCC(CC(C)C)C1)c1cccc(Cl)c1. The summed E-state index contributed by atoms with van der Waals surface area (Å²) in [6.07, 6.45) is 7.96. The standard InChI is InChI=1S/C19H30ClN/c1-4-19(16-8-6-9-17(20)13-16)21-18-10-5-7-15(12-18)11-14(2)3/h6,8-9,13-15,18-19,21H,4-5,7,10-12H2,1-3H3. The highest BCUT2D eigenvalue weighted by atomic mass is 35.5. The van der Waals surface area contributed by atoms with Crippen molar-refractivity contribution in [1.82, 2.24) is 5.32 Å². The number of nitrogens with one attached hydrogen (secondary N) is 1. The molecule has 0 heterocycles. The van der Waals surface area contributed by atoms with Gasteiger partial charge in [-0.1, -0.05) is 57.3 Å². The van der Waals surface area contributed by atoms with Gasteiger partial charge in [-0.15, -0.1) is 0 Å². The van der Waals surface area contributed by atoms with E-state index in [1.807, 2.05) is 6.07 Å². The van der Waals surface area contributed by atoms with Gasteiger partial charge in [0.15, 0.2) is 0 Å². The topological polar surface area (TPSA) is 12.0 Å². The van der Waals surface area contributed by atoms with E-state index >= 15 is 0 Å². The second-order valence-corrected chi connectivity index (χ2v) is 7.48. The Morgan fingerprint density at radius 1 is 1.29 bits per heavy atom. The summed E-state index contributed by atoms with van der Waals surface area (Å²) >= 11 is 6.14. The number of rotatable bonds is 6. The molecular weight excluding hydrogens is 278 g/mol. The molecule has 0 aromatic heterocycles. The van der Waals surface area contributed by atoms with Crippen LogP contribution >= 0.6 is 11.6 Å². The predicted molar refractivity (Wildman–Crippen MR) is 92.8 cm³/mol. The third-order valence-electron chi connectivity index (χ3n) is 4.68. The molecule has 1 aliphatic rings. The summed E-state index contributed by atoms with van der Waals surface area (Å²) in [6, 6.07) is 9.43. The number of hydrogen-bond acceptors (Lipinski definition) is 1. The maximum Gasteiger partial charge on any atom is 0.0409 e. The molecule has 1 fully saturated rings. The van der Waals surface area contributed by atoms with Gasteiger partial charge in [-0.05, 0) is 55.2 Å². The first-order valence-electron chi connectivity index (χ1n) is 8.60. The molecule has 1 aliphatic carbocycles. The number of hydrogen-bond donors (Lipinski definition) is 1. The van der Waals surface area contributed by atoms with Crippen molar-refractivity contribution in [2.45, 2.75) is 71.4 Å². The van der Waals surface area contributed by atoms with Crippen molar-refractivity contribution in [3.63, 3.8) is 0 Å². The van der Waals surface area contributed by atoms with E-state index in [0.717, 1.165) is 23.3 Å². The summed E-state index contributed by atoms with van der Waals surface area (Å²) < 4.78 is 0. The first kappa shape index (κ1) is 16.8. The van der Waals surface area contributed by atoms with Gasteiger partial charge in [-0.25, -0.2) is 0 Å². The second kappa shape index (κ2) is 8.19. The summed E-state index contributed by atoms with van der Waals surface area (Å²) in [5, 5.41) is 4.74. The molecule has 2 rings (SSSR count). The summed E-state index contributed by atoms with van der Waals surface area (Å²) in [6.45, 7) is 6.95. The summed E-state index contributed by atoms with van der Waals surface area (Å²) in [4.78, 5) is 0. The van der Waals surface area contributed by atoms with Gasteiger partial charge in [0.2, 0.25) is 0 Å². The molecule has 0 spiro atoms. The maximum atomic E-state index is 6.14. The third kappa shape index (κ3) is 5.30. The van der Waals surface area contributed by atoms with E-state index in [1.54, 1.807) is 0 Å². The summed E-state index contributed by atoms with van der Waals surface area (Å²) in [5.41, 5.74) is 1.33. The van der Waals surface area contributed by atoms with E-state index in [4.69, 9.17) is 11.6 Å². The highest BCUT2D eigenvalue weighted by molar-refractivity contribution is 6.30. The minimum absolute atomic E-state index is 0.437. The van der Waals surface area contributed by atoms with Crippen LogP contribution < -0.4 is 5.32 Å². The first-order valence-corrected chi connectivity index (χ1v) is 8.97. The molecular formula is C19H30ClN.